The molecule has 0 spiro atoms. The Morgan fingerprint density at radius 2 is 2.14 bits per heavy atom. The van der Waals surface area contributed by atoms with Gasteiger partial charge in [-0.05, 0) is 18.1 Å². The molecule has 74 valence electrons. The molecule has 0 bridgehead atoms. The Morgan fingerprint density at radius 1 is 1.43 bits per heavy atom. The van der Waals surface area contributed by atoms with Crippen molar-refractivity contribution in [2.45, 2.75) is 12.5 Å². The van der Waals surface area contributed by atoms with Gasteiger partial charge in [0.15, 0.2) is 0 Å². The van der Waals surface area contributed by atoms with E-state index in [1.807, 2.05) is 0 Å². The number of hydrogen-bond acceptors (Lipinski definition) is 3. The number of aliphatic hydroxyl groups is 1. The number of rotatable bonds is 1. The summed E-state index contributed by atoms with van der Waals surface area (Å²) >= 11 is 0. The zero-order valence-corrected chi connectivity index (χ0v) is 7.34. The molecular weight excluding hydrogens is 184 g/mol. The quantitative estimate of drug-likeness (QED) is 0.614. The topological polar surface area (TPSA) is 77.8 Å². The predicted octanol–water partition coefficient (Wildman–Crippen LogP) is 0.682. The number of phenolic OH excluding ortho intramolecular Hbond substituents is 1. The molecule has 2 atom stereocenters. The van der Waals surface area contributed by atoms with E-state index in [9.17, 15) is 15.0 Å². The Kier molecular flexibility index (Phi) is 1.93. The first-order chi connectivity index (χ1) is 6.61. The van der Waals surface area contributed by atoms with Crippen molar-refractivity contribution in [3.05, 3.63) is 29.3 Å². The molecule has 0 radical (unpaired) electrons. The third-order valence-corrected chi connectivity index (χ3v) is 2.63. The maximum absolute atomic E-state index is 10.8. The summed E-state index contributed by atoms with van der Waals surface area (Å²) in [5.41, 5.74) is 1.07. The molecule has 0 aromatic heterocycles. The number of phenols is 1. The Bertz CT molecular complexity index is 386. The molecule has 14 heavy (non-hydrogen) atoms. The molecule has 2 unspecified atom stereocenters. The van der Waals surface area contributed by atoms with E-state index in [4.69, 9.17) is 5.11 Å². The van der Waals surface area contributed by atoms with Crippen molar-refractivity contribution in [2.75, 3.05) is 0 Å². The second kappa shape index (κ2) is 2.99. The smallest absolute Gasteiger partial charge is 0.309 e. The van der Waals surface area contributed by atoms with Crippen molar-refractivity contribution in [3.8, 4) is 5.75 Å². The van der Waals surface area contributed by atoms with Crippen LogP contribution in [-0.2, 0) is 11.2 Å². The Morgan fingerprint density at radius 3 is 2.71 bits per heavy atom. The van der Waals surface area contributed by atoms with Gasteiger partial charge in [0.05, 0.1) is 12.0 Å². The molecule has 1 aliphatic rings. The van der Waals surface area contributed by atoms with Crippen LogP contribution < -0.4 is 0 Å². The number of aromatic hydroxyl groups is 1. The molecule has 0 heterocycles. The summed E-state index contributed by atoms with van der Waals surface area (Å²) in [6.07, 6.45) is -0.812. The summed E-state index contributed by atoms with van der Waals surface area (Å²) in [6.45, 7) is 0. The Balaban J connectivity index is 2.45. The van der Waals surface area contributed by atoms with Gasteiger partial charge in [-0.3, -0.25) is 4.79 Å². The highest BCUT2D eigenvalue weighted by Gasteiger charge is 2.37. The number of aliphatic carboxylic acids is 1. The highest BCUT2D eigenvalue weighted by atomic mass is 16.4. The van der Waals surface area contributed by atoms with Crippen LogP contribution in [0.5, 0.6) is 5.75 Å². The summed E-state index contributed by atoms with van der Waals surface area (Å²) in [6, 6.07) is 4.74. The second-order valence-electron chi connectivity index (χ2n) is 3.44. The maximum Gasteiger partial charge on any atom is 0.309 e. The number of carbonyl (C=O) groups is 1. The lowest BCUT2D eigenvalue weighted by Crippen LogP contribution is -2.17. The van der Waals surface area contributed by atoms with Crippen LogP contribution in [0.25, 0.3) is 0 Å². The van der Waals surface area contributed by atoms with E-state index in [1.165, 1.54) is 6.07 Å². The number of benzene rings is 1. The number of aliphatic hydroxyl groups excluding tert-OH is 1. The van der Waals surface area contributed by atoms with E-state index in [0.717, 1.165) is 0 Å². The molecule has 4 heteroatoms. The SMILES string of the molecule is O=C(O)C1Cc2c(O)cccc2C1O. The van der Waals surface area contributed by atoms with Gasteiger partial charge in [0.25, 0.3) is 0 Å². The van der Waals surface area contributed by atoms with E-state index in [0.29, 0.717) is 11.1 Å². The van der Waals surface area contributed by atoms with Crippen molar-refractivity contribution in [1.29, 1.82) is 0 Å². The van der Waals surface area contributed by atoms with Gasteiger partial charge in [-0.2, -0.15) is 0 Å². The Labute approximate surface area is 80.4 Å². The van der Waals surface area contributed by atoms with Crippen molar-refractivity contribution < 1.29 is 20.1 Å². The van der Waals surface area contributed by atoms with Crippen LogP contribution in [-0.4, -0.2) is 21.3 Å². The van der Waals surface area contributed by atoms with Gasteiger partial charge in [0.2, 0.25) is 0 Å². The highest BCUT2D eigenvalue weighted by Crippen LogP contribution is 2.40. The molecule has 0 aliphatic heterocycles. The fourth-order valence-electron chi connectivity index (χ4n) is 1.86. The van der Waals surface area contributed by atoms with Crippen LogP contribution in [0.3, 0.4) is 0 Å². The highest BCUT2D eigenvalue weighted by molar-refractivity contribution is 5.73. The first-order valence-electron chi connectivity index (χ1n) is 4.33. The maximum atomic E-state index is 10.8. The van der Waals surface area contributed by atoms with Crippen LogP contribution in [0.15, 0.2) is 18.2 Å². The molecule has 1 aromatic carbocycles. The average Bonchev–Trinajstić information content (AvgIpc) is 2.46. The first-order valence-corrected chi connectivity index (χ1v) is 4.33. The molecular formula is C10H10O4. The molecule has 0 saturated carbocycles. The fraction of sp³-hybridized carbons (Fsp3) is 0.300. The van der Waals surface area contributed by atoms with Crippen molar-refractivity contribution in [3.63, 3.8) is 0 Å². The largest absolute Gasteiger partial charge is 0.508 e. The third kappa shape index (κ3) is 1.15. The van der Waals surface area contributed by atoms with Gasteiger partial charge < -0.3 is 15.3 Å². The van der Waals surface area contributed by atoms with Crippen LogP contribution in [0, 0.1) is 5.92 Å². The fourth-order valence-corrected chi connectivity index (χ4v) is 1.86. The Hall–Kier alpha value is -1.55. The first kappa shape index (κ1) is 9.02. The van der Waals surface area contributed by atoms with Crippen LogP contribution >= 0.6 is 0 Å². The van der Waals surface area contributed by atoms with Gasteiger partial charge in [-0.25, -0.2) is 0 Å². The average molecular weight is 194 g/mol. The van der Waals surface area contributed by atoms with Crippen LogP contribution in [0.1, 0.15) is 17.2 Å². The molecule has 2 rings (SSSR count). The summed E-state index contributed by atoms with van der Waals surface area (Å²) in [5.74, 6) is -1.81. The standard InChI is InChI=1S/C10H10O4/c11-8-3-1-2-5-6(8)4-7(9(5)12)10(13)14/h1-3,7,9,11-12H,4H2,(H,13,14). The van der Waals surface area contributed by atoms with Gasteiger partial charge in [-0.15, -0.1) is 0 Å². The molecule has 0 saturated heterocycles. The van der Waals surface area contributed by atoms with Crippen molar-refractivity contribution in [1.82, 2.24) is 0 Å². The van der Waals surface area contributed by atoms with Gasteiger partial charge in [-0.1, -0.05) is 12.1 Å². The van der Waals surface area contributed by atoms with Gasteiger partial charge in [0, 0.05) is 5.56 Å². The normalized spacial score (nSPS) is 24.6. The summed E-state index contributed by atoms with van der Waals surface area (Å²) in [5, 5.41) is 27.9. The lowest BCUT2D eigenvalue weighted by molar-refractivity contribution is -0.145. The number of fused-ring (bicyclic) bond motifs is 1. The minimum atomic E-state index is -1.03. The molecule has 0 fully saturated rings. The van der Waals surface area contributed by atoms with Crippen molar-refractivity contribution >= 4 is 5.97 Å². The molecule has 1 aromatic rings. The number of hydrogen-bond donors (Lipinski definition) is 3. The van der Waals surface area contributed by atoms with E-state index in [-0.39, 0.29) is 12.2 Å². The zero-order chi connectivity index (χ0) is 10.3. The van der Waals surface area contributed by atoms with Gasteiger partial charge in [0.1, 0.15) is 5.75 Å². The lowest BCUT2D eigenvalue weighted by atomic mass is 10.0. The molecule has 3 N–H and O–H groups in total. The van der Waals surface area contributed by atoms with E-state index >= 15 is 0 Å². The minimum absolute atomic E-state index is 0.0605. The molecule has 1 aliphatic carbocycles. The van der Waals surface area contributed by atoms with Crippen LogP contribution in [0.4, 0.5) is 0 Å². The zero-order valence-electron chi connectivity index (χ0n) is 7.34. The lowest BCUT2D eigenvalue weighted by Gasteiger charge is -2.08. The second-order valence-corrected chi connectivity index (χ2v) is 3.44. The van der Waals surface area contributed by atoms with Crippen molar-refractivity contribution in [2.24, 2.45) is 5.92 Å². The van der Waals surface area contributed by atoms with Crippen LogP contribution in [0.2, 0.25) is 0 Å². The summed E-state index contributed by atoms with van der Waals surface area (Å²) in [7, 11) is 0. The predicted molar refractivity (Wildman–Crippen MR) is 47.9 cm³/mol. The summed E-state index contributed by atoms with van der Waals surface area (Å²) < 4.78 is 0. The molecule has 0 amide bonds. The number of carboxylic acid groups (broad SMARTS) is 1. The van der Waals surface area contributed by atoms with E-state index < -0.39 is 18.0 Å². The number of carboxylic acids is 1. The van der Waals surface area contributed by atoms with E-state index in [1.54, 1.807) is 12.1 Å². The minimum Gasteiger partial charge on any atom is -0.508 e. The van der Waals surface area contributed by atoms with E-state index in [2.05, 4.69) is 0 Å². The summed E-state index contributed by atoms with van der Waals surface area (Å²) in [4.78, 5) is 10.8. The monoisotopic (exact) mass is 194 g/mol. The molecule has 4 nitrogen and oxygen atoms in total. The third-order valence-electron chi connectivity index (χ3n) is 2.63. The van der Waals surface area contributed by atoms with Gasteiger partial charge >= 0.3 is 5.97 Å².